The lowest BCUT2D eigenvalue weighted by Crippen LogP contribution is -2.33. The van der Waals surface area contributed by atoms with Crippen molar-refractivity contribution in [2.45, 2.75) is 23.5 Å². The molecule has 0 radical (unpaired) electrons. The van der Waals surface area contributed by atoms with Crippen LogP contribution in [0.2, 0.25) is 0 Å². The van der Waals surface area contributed by atoms with Gasteiger partial charge in [-0.15, -0.1) is 11.8 Å². The Morgan fingerprint density at radius 1 is 0.846 bits per heavy atom. The molecule has 8 heteroatoms. The molecule has 0 spiro atoms. The number of benzene rings is 4. The average Bonchev–Trinajstić information content (AvgIpc) is 3.32. The number of hydrazone groups is 1. The van der Waals surface area contributed by atoms with Gasteiger partial charge < -0.3 is 10.6 Å². The van der Waals surface area contributed by atoms with Gasteiger partial charge in [0.05, 0.1) is 12.1 Å². The molecule has 1 atom stereocenters. The highest BCUT2D eigenvalue weighted by Gasteiger charge is 2.29. The monoisotopic (exact) mass is 534 g/mol. The zero-order valence-corrected chi connectivity index (χ0v) is 22.0. The number of nitrogens with zero attached hydrogens (tertiary/aromatic N) is 2. The minimum Gasteiger partial charge on any atom is -0.322 e. The zero-order valence-electron chi connectivity index (χ0n) is 21.2. The van der Waals surface area contributed by atoms with Crippen molar-refractivity contribution in [1.82, 2.24) is 5.32 Å². The molecule has 0 saturated heterocycles. The van der Waals surface area contributed by atoms with Crippen molar-refractivity contribution >= 4 is 46.7 Å². The number of hydrogen-bond acceptors (Lipinski definition) is 5. The molecular formula is C31H26N4O3S. The van der Waals surface area contributed by atoms with E-state index in [1.807, 2.05) is 91.9 Å². The van der Waals surface area contributed by atoms with Gasteiger partial charge in [0.1, 0.15) is 11.1 Å². The number of hydrogen-bond donors (Lipinski definition) is 2. The van der Waals surface area contributed by atoms with Crippen LogP contribution < -0.4 is 15.6 Å². The third kappa shape index (κ3) is 6.42. The first kappa shape index (κ1) is 25.9. The Morgan fingerprint density at radius 2 is 1.54 bits per heavy atom. The van der Waals surface area contributed by atoms with E-state index in [0.717, 1.165) is 16.0 Å². The number of rotatable bonds is 7. The summed E-state index contributed by atoms with van der Waals surface area (Å²) in [4.78, 5) is 39.6. The van der Waals surface area contributed by atoms with Crippen LogP contribution in [0.25, 0.3) is 0 Å². The van der Waals surface area contributed by atoms with Crippen molar-refractivity contribution < 1.29 is 14.4 Å². The molecule has 4 aromatic rings. The van der Waals surface area contributed by atoms with Gasteiger partial charge in [0.15, 0.2) is 0 Å². The standard InChI is InChI=1S/C31H26N4O3S/c1-21-15-17-23(18-16-21)30(37)32-24-11-8-14-26(19-24)39-29(22-9-4-2-5-10-22)31(38)33-27-20-28(36)35(34-27)25-12-6-3-7-13-25/h2-19,29H,20H2,1H3,(H,32,37)(H,33,34,38). The first-order chi connectivity index (χ1) is 19.0. The van der Waals surface area contributed by atoms with E-state index in [1.165, 1.54) is 16.8 Å². The Kier molecular flexibility index (Phi) is 7.84. The van der Waals surface area contributed by atoms with Gasteiger partial charge in [0.2, 0.25) is 5.91 Å². The Balaban J connectivity index is 1.33. The number of carbonyl (C=O) groups is 3. The fourth-order valence-electron chi connectivity index (χ4n) is 4.07. The van der Waals surface area contributed by atoms with Crippen molar-refractivity contribution in [2.75, 3.05) is 10.3 Å². The Bertz CT molecular complexity index is 1520. The predicted molar refractivity (Wildman–Crippen MR) is 155 cm³/mol. The van der Waals surface area contributed by atoms with Crippen molar-refractivity contribution in [3.8, 4) is 0 Å². The number of nitrogens with one attached hydrogen (secondary N) is 2. The van der Waals surface area contributed by atoms with Gasteiger partial charge in [-0.25, -0.2) is 0 Å². The van der Waals surface area contributed by atoms with E-state index in [1.54, 1.807) is 24.3 Å². The largest absolute Gasteiger partial charge is 0.322 e. The quantitative estimate of drug-likeness (QED) is 0.287. The van der Waals surface area contributed by atoms with Gasteiger partial charge in [-0.1, -0.05) is 72.3 Å². The molecule has 1 aliphatic heterocycles. The molecule has 0 aromatic heterocycles. The molecule has 0 bridgehead atoms. The lowest BCUT2D eigenvalue weighted by atomic mass is 10.1. The number of amides is 3. The fraction of sp³-hybridized carbons (Fsp3) is 0.0968. The van der Waals surface area contributed by atoms with Crippen LogP contribution in [0.15, 0.2) is 119 Å². The van der Waals surface area contributed by atoms with Crippen molar-refractivity contribution in [2.24, 2.45) is 5.10 Å². The Morgan fingerprint density at radius 3 is 2.26 bits per heavy atom. The molecule has 194 valence electrons. The van der Waals surface area contributed by atoms with E-state index in [2.05, 4.69) is 15.7 Å². The van der Waals surface area contributed by atoms with Crippen molar-refractivity contribution in [3.05, 3.63) is 126 Å². The highest BCUT2D eigenvalue weighted by Crippen LogP contribution is 2.36. The lowest BCUT2D eigenvalue weighted by molar-refractivity contribution is -0.119. The van der Waals surface area contributed by atoms with Crippen LogP contribution in [0, 0.1) is 6.92 Å². The second-order valence-corrected chi connectivity index (χ2v) is 10.2. The van der Waals surface area contributed by atoms with E-state index < -0.39 is 5.25 Å². The lowest BCUT2D eigenvalue weighted by Gasteiger charge is -2.17. The van der Waals surface area contributed by atoms with Crippen LogP contribution in [0.3, 0.4) is 0 Å². The van der Waals surface area contributed by atoms with E-state index in [0.29, 0.717) is 22.8 Å². The summed E-state index contributed by atoms with van der Waals surface area (Å²) in [5.74, 6) is -0.407. The second kappa shape index (κ2) is 11.8. The predicted octanol–water partition coefficient (Wildman–Crippen LogP) is 5.95. The summed E-state index contributed by atoms with van der Waals surface area (Å²) in [7, 11) is 0. The zero-order chi connectivity index (χ0) is 27.2. The molecule has 2 N–H and O–H groups in total. The maximum absolute atomic E-state index is 13.5. The van der Waals surface area contributed by atoms with Crippen LogP contribution in [-0.4, -0.2) is 23.6 Å². The van der Waals surface area contributed by atoms with Gasteiger partial charge in [0, 0.05) is 16.1 Å². The van der Waals surface area contributed by atoms with E-state index in [9.17, 15) is 14.4 Å². The third-order valence-corrected chi connectivity index (χ3v) is 7.29. The Hall–Kier alpha value is -4.69. The topological polar surface area (TPSA) is 90.9 Å². The molecule has 5 rings (SSSR count). The number of aryl methyl sites for hydroxylation is 1. The minimum absolute atomic E-state index is 0.00728. The summed E-state index contributed by atoms with van der Waals surface area (Å²) in [6.45, 7) is 1.97. The van der Waals surface area contributed by atoms with Crippen LogP contribution >= 0.6 is 11.8 Å². The number of para-hydroxylation sites is 1. The van der Waals surface area contributed by atoms with Crippen LogP contribution in [-0.2, 0) is 9.59 Å². The number of carbonyl (C=O) groups excluding carboxylic acids is 3. The number of anilines is 2. The molecule has 3 amide bonds. The van der Waals surface area contributed by atoms with Crippen molar-refractivity contribution in [3.63, 3.8) is 0 Å². The molecule has 7 nitrogen and oxygen atoms in total. The Labute approximate surface area is 230 Å². The maximum Gasteiger partial charge on any atom is 0.255 e. The van der Waals surface area contributed by atoms with Gasteiger partial charge in [-0.05, 0) is 55.0 Å². The SMILES string of the molecule is Cc1ccc(C(=O)Nc2cccc(SC(C(=O)NC3=NN(c4ccccc4)C(=O)C3)c3ccccc3)c2)cc1. The highest BCUT2D eigenvalue weighted by atomic mass is 32.2. The molecule has 0 fully saturated rings. The summed E-state index contributed by atoms with van der Waals surface area (Å²) in [6, 6.07) is 33.3. The van der Waals surface area contributed by atoms with Gasteiger partial charge in [-0.3, -0.25) is 14.4 Å². The summed E-state index contributed by atoms with van der Waals surface area (Å²) in [5, 5.41) is 10.8. The average molecular weight is 535 g/mol. The van der Waals surface area contributed by atoms with Crippen LogP contribution in [0.1, 0.15) is 33.2 Å². The van der Waals surface area contributed by atoms with Crippen LogP contribution in [0.4, 0.5) is 11.4 Å². The molecule has 1 heterocycles. The fourth-order valence-corrected chi connectivity index (χ4v) is 5.15. The molecule has 4 aromatic carbocycles. The smallest absolute Gasteiger partial charge is 0.255 e. The molecule has 1 aliphatic rings. The first-order valence-electron chi connectivity index (χ1n) is 12.4. The van der Waals surface area contributed by atoms with E-state index in [-0.39, 0.29) is 24.1 Å². The summed E-state index contributed by atoms with van der Waals surface area (Å²) < 4.78 is 0. The van der Waals surface area contributed by atoms with E-state index >= 15 is 0 Å². The summed E-state index contributed by atoms with van der Waals surface area (Å²) in [6.07, 6.45) is 0.00728. The number of thioether (sulfide) groups is 1. The normalized spacial score (nSPS) is 13.5. The summed E-state index contributed by atoms with van der Waals surface area (Å²) >= 11 is 1.35. The van der Waals surface area contributed by atoms with Crippen molar-refractivity contribution in [1.29, 1.82) is 0 Å². The van der Waals surface area contributed by atoms with Gasteiger partial charge in [0.25, 0.3) is 11.8 Å². The molecule has 39 heavy (non-hydrogen) atoms. The first-order valence-corrected chi connectivity index (χ1v) is 13.3. The molecular weight excluding hydrogens is 508 g/mol. The second-order valence-electron chi connectivity index (χ2n) is 9.01. The molecule has 0 aliphatic carbocycles. The molecule has 1 unspecified atom stereocenters. The van der Waals surface area contributed by atoms with Crippen LogP contribution in [0.5, 0.6) is 0 Å². The number of amidine groups is 1. The highest BCUT2D eigenvalue weighted by molar-refractivity contribution is 8.00. The molecule has 0 saturated carbocycles. The summed E-state index contributed by atoms with van der Waals surface area (Å²) in [5.41, 5.74) is 3.72. The van der Waals surface area contributed by atoms with Gasteiger partial charge >= 0.3 is 0 Å². The van der Waals surface area contributed by atoms with Gasteiger partial charge in [-0.2, -0.15) is 10.1 Å². The third-order valence-electron chi connectivity index (χ3n) is 6.04. The van der Waals surface area contributed by atoms with E-state index in [4.69, 9.17) is 0 Å². The minimum atomic E-state index is -0.613. The maximum atomic E-state index is 13.5.